The van der Waals surface area contributed by atoms with Gasteiger partial charge in [-0.15, -0.1) is 0 Å². The molecule has 4 atom stereocenters. The summed E-state index contributed by atoms with van der Waals surface area (Å²) in [4.78, 5) is 43.1. The number of hydrogen-bond acceptors (Lipinski definition) is 10. The van der Waals surface area contributed by atoms with E-state index >= 15 is 0 Å². The average Bonchev–Trinajstić information content (AvgIpc) is 2.90. The van der Waals surface area contributed by atoms with Gasteiger partial charge < -0.3 is 36.4 Å². The van der Waals surface area contributed by atoms with Crippen molar-refractivity contribution in [2.24, 2.45) is 17.6 Å². The zero-order valence-electron chi connectivity index (χ0n) is 23.3. The second kappa shape index (κ2) is 9.93. The summed E-state index contributed by atoms with van der Waals surface area (Å²) in [5, 5.41) is 48.7. The molecule has 41 heavy (non-hydrogen) atoms. The summed E-state index contributed by atoms with van der Waals surface area (Å²) in [6.07, 6.45) is 0.252. The van der Waals surface area contributed by atoms with Crippen LogP contribution in [0.2, 0.25) is 0 Å². The van der Waals surface area contributed by atoms with Crippen LogP contribution in [0.5, 0.6) is 5.75 Å². The van der Waals surface area contributed by atoms with Crippen LogP contribution in [0, 0.1) is 11.8 Å². The number of ketones is 2. The number of phenols is 1. The summed E-state index contributed by atoms with van der Waals surface area (Å²) < 4.78 is 0. The number of carbonyl (C=O) groups excluding carboxylic acids is 3. The number of benzene rings is 2. The van der Waals surface area contributed by atoms with Gasteiger partial charge in [-0.1, -0.05) is 30.3 Å². The minimum Gasteiger partial charge on any atom is -0.510 e. The molecule has 11 nitrogen and oxygen atoms in total. The number of aliphatic hydroxyl groups is 3. The highest BCUT2D eigenvalue weighted by Gasteiger charge is 2.63. The third-order valence-corrected chi connectivity index (χ3v) is 8.51. The van der Waals surface area contributed by atoms with Crippen molar-refractivity contribution in [1.29, 1.82) is 0 Å². The molecule has 2 aromatic carbocycles. The van der Waals surface area contributed by atoms with E-state index in [9.17, 15) is 34.8 Å². The Morgan fingerprint density at radius 1 is 1.10 bits per heavy atom. The summed E-state index contributed by atoms with van der Waals surface area (Å²) in [7, 11) is 6.83. The number of aromatic hydroxyl groups is 1. The van der Waals surface area contributed by atoms with Crippen molar-refractivity contribution < 1.29 is 34.8 Å². The normalized spacial score (nSPS) is 25.6. The van der Waals surface area contributed by atoms with Gasteiger partial charge in [-0.2, -0.15) is 0 Å². The molecule has 11 heteroatoms. The molecule has 1 unspecified atom stereocenters. The standard InChI is InChI=1S/C30H34N4O7/c1-33(2)19-12-18(32-13-14-8-6-5-7-9-14)24(35)21-16(19)10-15-11-17-23(34(3)4)26(37)22(29(31)40)28(39)30(17,41)27(38)20(15)25(21)36/h5-9,12,15,17,23,32,35,37-38,41H,10-11,13H2,1-4H3,(H2,31,40)/t15-,17-,23?,30-/m0/s1. The van der Waals surface area contributed by atoms with Crippen LogP contribution in [0.4, 0.5) is 11.4 Å². The van der Waals surface area contributed by atoms with Crippen molar-refractivity contribution in [3.63, 3.8) is 0 Å². The Bertz CT molecular complexity index is 1530. The van der Waals surface area contributed by atoms with E-state index in [2.05, 4.69) is 5.32 Å². The minimum absolute atomic E-state index is 0.0347. The van der Waals surface area contributed by atoms with Gasteiger partial charge in [-0.3, -0.25) is 19.3 Å². The molecular weight excluding hydrogens is 528 g/mol. The van der Waals surface area contributed by atoms with Gasteiger partial charge in [0.25, 0.3) is 5.91 Å². The zero-order chi connectivity index (χ0) is 30.0. The van der Waals surface area contributed by atoms with E-state index in [-0.39, 0.29) is 29.7 Å². The minimum atomic E-state index is -2.67. The zero-order valence-corrected chi connectivity index (χ0v) is 23.3. The number of fused-ring (bicyclic) bond motifs is 3. The summed E-state index contributed by atoms with van der Waals surface area (Å²) in [5.41, 5.74) is 4.18. The van der Waals surface area contributed by atoms with Crippen LogP contribution < -0.4 is 16.0 Å². The molecule has 2 aromatic rings. The molecule has 0 saturated heterocycles. The predicted molar refractivity (Wildman–Crippen MR) is 152 cm³/mol. The lowest BCUT2D eigenvalue weighted by Gasteiger charge is -2.50. The number of phenolic OH excluding ortho intramolecular Hbond substituents is 1. The van der Waals surface area contributed by atoms with Crippen LogP contribution in [-0.2, 0) is 22.6 Å². The maximum atomic E-state index is 14.1. The Hall–Kier alpha value is -4.35. The maximum absolute atomic E-state index is 14.1. The Morgan fingerprint density at radius 2 is 1.76 bits per heavy atom. The van der Waals surface area contributed by atoms with E-state index in [0.29, 0.717) is 23.5 Å². The topological polar surface area (TPSA) is 177 Å². The number of rotatable bonds is 6. The number of allylic oxidation sites excluding steroid dienone is 1. The number of nitrogens with zero attached hydrogens (tertiary/aromatic N) is 2. The highest BCUT2D eigenvalue weighted by Crippen LogP contribution is 2.53. The smallest absolute Gasteiger partial charge is 0.255 e. The summed E-state index contributed by atoms with van der Waals surface area (Å²) in [5.74, 6) is -6.74. The molecule has 0 saturated carbocycles. The lowest BCUT2D eigenvalue weighted by molar-refractivity contribution is -0.148. The van der Waals surface area contributed by atoms with Gasteiger partial charge in [-0.25, -0.2) is 0 Å². The van der Waals surface area contributed by atoms with Gasteiger partial charge in [0, 0.05) is 37.8 Å². The third-order valence-electron chi connectivity index (χ3n) is 8.51. The van der Waals surface area contributed by atoms with Crippen LogP contribution in [0.1, 0.15) is 27.9 Å². The van der Waals surface area contributed by atoms with Crippen molar-refractivity contribution in [2.75, 3.05) is 38.4 Å². The highest BCUT2D eigenvalue weighted by molar-refractivity contribution is 6.25. The van der Waals surface area contributed by atoms with E-state index in [1.165, 1.54) is 4.90 Å². The van der Waals surface area contributed by atoms with Crippen molar-refractivity contribution in [3.05, 3.63) is 75.8 Å². The number of hydrogen-bond donors (Lipinski definition) is 6. The molecule has 0 radical (unpaired) electrons. The van der Waals surface area contributed by atoms with E-state index in [0.717, 1.165) is 5.56 Å². The molecule has 3 aliphatic rings. The molecule has 0 spiro atoms. The van der Waals surface area contributed by atoms with Gasteiger partial charge >= 0.3 is 0 Å². The van der Waals surface area contributed by atoms with E-state index in [1.54, 1.807) is 20.2 Å². The first-order chi connectivity index (χ1) is 19.3. The Labute approximate surface area is 237 Å². The fourth-order valence-electron chi connectivity index (χ4n) is 6.63. The molecule has 0 heterocycles. The first kappa shape index (κ1) is 28.2. The highest BCUT2D eigenvalue weighted by atomic mass is 16.3. The molecule has 0 aromatic heterocycles. The van der Waals surface area contributed by atoms with Gasteiger partial charge in [0.05, 0.1) is 17.3 Å². The Balaban J connectivity index is 1.66. The van der Waals surface area contributed by atoms with Crippen molar-refractivity contribution in [2.45, 2.75) is 31.0 Å². The van der Waals surface area contributed by atoms with Crippen molar-refractivity contribution in [1.82, 2.24) is 4.90 Å². The molecule has 5 rings (SSSR count). The van der Waals surface area contributed by atoms with Gasteiger partial charge in [-0.05, 0) is 50.0 Å². The number of nitrogens with two attached hydrogens (primary N) is 1. The van der Waals surface area contributed by atoms with Gasteiger partial charge in [0.1, 0.15) is 22.8 Å². The molecular formula is C30H34N4O7. The molecule has 0 aliphatic heterocycles. The maximum Gasteiger partial charge on any atom is 0.255 e. The second-order valence-corrected chi connectivity index (χ2v) is 11.3. The van der Waals surface area contributed by atoms with E-state index in [1.807, 2.05) is 49.3 Å². The van der Waals surface area contributed by atoms with Gasteiger partial charge in [0.2, 0.25) is 5.78 Å². The molecule has 1 amide bonds. The number of amides is 1. The lowest BCUT2D eigenvalue weighted by atomic mass is 9.58. The van der Waals surface area contributed by atoms with E-state index < -0.39 is 58.0 Å². The van der Waals surface area contributed by atoms with Crippen LogP contribution in [-0.4, -0.2) is 82.6 Å². The fraction of sp³-hybridized carbons (Fsp3) is 0.367. The van der Waals surface area contributed by atoms with Crippen molar-refractivity contribution >= 4 is 28.8 Å². The average molecular weight is 563 g/mol. The first-order valence-electron chi connectivity index (χ1n) is 13.3. The quantitative estimate of drug-likeness (QED) is 0.225. The number of anilines is 2. The van der Waals surface area contributed by atoms with Crippen LogP contribution in [0.15, 0.2) is 59.1 Å². The number of aliphatic hydroxyl groups excluding tert-OH is 2. The molecule has 0 fully saturated rings. The van der Waals surface area contributed by atoms with Crippen LogP contribution in [0.3, 0.4) is 0 Å². The number of Topliss-reactive ketones (excluding diaryl/α,β-unsaturated/α-hetero) is 2. The second-order valence-electron chi connectivity index (χ2n) is 11.3. The lowest BCUT2D eigenvalue weighted by Crippen LogP contribution is -2.63. The number of primary amides is 1. The molecule has 7 N–H and O–H groups in total. The molecule has 216 valence electrons. The molecule has 0 bridgehead atoms. The van der Waals surface area contributed by atoms with E-state index in [4.69, 9.17) is 5.73 Å². The summed E-state index contributed by atoms with van der Waals surface area (Å²) in [6, 6.07) is 10.2. The van der Waals surface area contributed by atoms with Gasteiger partial charge in [0.15, 0.2) is 11.4 Å². The fourth-order valence-corrected chi connectivity index (χ4v) is 6.63. The van der Waals surface area contributed by atoms with Crippen LogP contribution in [0.25, 0.3) is 0 Å². The molecule has 3 aliphatic carbocycles. The summed E-state index contributed by atoms with van der Waals surface area (Å²) >= 11 is 0. The first-order valence-corrected chi connectivity index (χ1v) is 13.3. The summed E-state index contributed by atoms with van der Waals surface area (Å²) in [6.45, 7) is 0.373. The largest absolute Gasteiger partial charge is 0.510 e. The number of likely N-dealkylation sites (N-methyl/N-ethyl adjacent to an activating group) is 1. The predicted octanol–water partition coefficient (Wildman–Crippen LogP) is 1.80. The Kier molecular flexibility index (Phi) is 6.83. The Morgan fingerprint density at radius 3 is 2.34 bits per heavy atom. The number of carbonyl (C=O) groups is 3. The van der Waals surface area contributed by atoms with Crippen molar-refractivity contribution in [3.8, 4) is 5.75 Å². The monoisotopic (exact) mass is 562 g/mol. The van der Waals surface area contributed by atoms with Crippen LogP contribution >= 0.6 is 0 Å². The number of nitrogens with one attached hydrogen (secondary N) is 1. The SMILES string of the molecule is CN(C)c1cc(NCc2ccccc2)c(O)c2c1C[C@H]1C[C@H]3C(N(C)C)C(O)=C(C(N)=O)C(=O)[C@@]3(O)C(O)=C1C2=O. The third kappa shape index (κ3) is 4.15.